The zero-order valence-electron chi connectivity index (χ0n) is 6.50. The Bertz CT molecular complexity index is 245. The zero-order chi connectivity index (χ0) is 8.72. The molecule has 2 fully saturated rings. The predicted octanol–water partition coefficient (Wildman–Crippen LogP) is -0.925. The third-order valence-electron chi connectivity index (χ3n) is 2.53. The molecule has 0 aromatic rings. The minimum absolute atomic E-state index is 0.362. The van der Waals surface area contributed by atoms with E-state index in [2.05, 4.69) is 5.32 Å². The van der Waals surface area contributed by atoms with E-state index in [0.29, 0.717) is 6.42 Å². The van der Waals surface area contributed by atoms with Crippen LogP contribution in [0.3, 0.4) is 0 Å². The van der Waals surface area contributed by atoms with E-state index in [9.17, 15) is 14.4 Å². The van der Waals surface area contributed by atoms with E-state index in [0.717, 1.165) is 13.0 Å². The summed E-state index contributed by atoms with van der Waals surface area (Å²) in [5, 5.41) is 2.90. The maximum Gasteiger partial charge on any atom is 0.266 e. The van der Waals surface area contributed by atoms with E-state index in [-0.39, 0.29) is 5.92 Å². The third kappa shape index (κ3) is 0.845. The lowest BCUT2D eigenvalue weighted by molar-refractivity contribution is -0.140. The van der Waals surface area contributed by atoms with Crippen LogP contribution in [0.15, 0.2) is 0 Å². The number of nitrogens with one attached hydrogen (secondary N) is 1. The summed E-state index contributed by atoms with van der Waals surface area (Å²) in [5.41, 5.74) is 0. The van der Waals surface area contributed by atoms with Crippen molar-refractivity contribution in [1.82, 2.24) is 5.32 Å². The standard InChI is InChI=1S/C8H9NO3/c10-6-4-2-1-3-9-5(4)7(11)8(6)12/h4-5,9H,1-3H2. The van der Waals surface area contributed by atoms with Gasteiger partial charge < -0.3 is 5.32 Å². The maximum absolute atomic E-state index is 11.1. The Balaban J connectivity index is 2.31. The van der Waals surface area contributed by atoms with Gasteiger partial charge in [0.15, 0.2) is 0 Å². The van der Waals surface area contributed by atoms with Gasteiger partial charge in [-0.15, -0.1) is 0 Å². The molecule has 1 aliphatic carbocycles. The molecule has 12 heavy (non-hydrogen) atoms. The molecule has 64 valence electrons. The summed E-state index contributed by atoms with van der Waals surface area (Å²) in [5.74, 6) is -2.19. The molecule has 2 atom stereocenters. The van der Waals surface area contributed by atoms with Crippen LogP contribution in [0.2, 0.25) is 0 Å². The van der Waals surface area contributed by atoms with Crippen LogP contribution in [-0.2, 0) is 14.4 Å². The van der Waals surface area contributed by atoms with E-state index in [1.54, 1.807) is 0 Å². The first kappa shape index (κ1) is 7.61. The van der Waals surface area contributed by atoms with Gasteiger partial charge in [-0.25, -0.2) is 0 Å². The Morgan fingerprint density at radius 1 is 1.17 bits per heavy atom. The van der Waals surface area contributed by atoms with Gasteiger partial charge in [-0.3, -0.25) is 14.4 Å². The SMILES string of the molecule is O=C1C(=O)C2CCCNC2C1=O. The summed E-state index contributed by atoms with van der Waals surface area (Å²) < 4.78 is 0. The minimum Gasteiger partial charge on any atom is -0.306 e. The molecule has 0 radical (unpaired) electrons. The first-order valence-corrected chi connectivity index (χ1v) is 4.07. The van der Waals surface area contributed by atoms with E-state index in [1.807, 2.05) is 0 Å². The van der Waals surface area contributed by atoms with Crippen molar-refractivity contribution in [2.24, 2.45) is 5.92 Å². The van der Waals surface area contributed by atoms with E-state index >= 15 is 0 Å². The second-order valence-corrected chi connectivity index (χ2v) is 3.24. The lowest BCUT2D eigenvalue weighted by atomic mass is 9.93. The molecule has 0 aromatic heterocycles. The van der Waals surface area contributed by atoms with Crippen LogP contribution in [0, 0.1) is 5.92 Å². The molecule has 2 unspecified atom stereocenters. The van der Waals surface area contributed by atoms with Crippen molar-refractivity contribution in [3.8, 4) is 0 Å². The number of carbonyl (C=O) groups excluding carboxylic acids is 3. The van der Waals surface area contributed by atoms with Gasteiger partial charge >= 0.3 is 0 Å². The highest BCUT2D eigenvalue weighted by atomic mass is 16.2. The maximum atomic E-state index is 11.1. The lowest BCUT2D eigenvalue weighted by Crippen LogP contribution is -2.43. The van der Waals surface area contributed by atoms with Gasteiger partial charge in [-0.1, -0.05) is 0 Å². The molecule has 2 aliphatic rings. The second kappa shape index (κ2) is 2.48. The largest absolute Gasteiger partial charge is 0.306 e. The molecule has 1 N–H and O–H groups in total. The molecular formula is C8H9NO3. The van der Waals surface area contributed by atoms with Crippen LogP contribution in [-0.4, -0.2) is 29.9 Å². The van der Waals surface area contributed by atoms with Crippen molar-refractivity contribution in [2.45, 2.75) is 18.9 Å². The van der Waals surface area contributed by atoms with Gasteiger partial charge in [0.1, 0.15) is 0 Å². The summed E-state index contributed by atoms with van der Waals surface area (Å²) in [4.78, 5) is 33.2. The smallest absolute Gasteiger partial charge is 0.266 e. The average molecular weight is 167 g/mol. The van der Waals surface area contributed by atoms with Gasteiger partial charge in [0.05, 0.1) is 6.04 Å². The Labute approximate surface area is 69.3 Å². The summed E-state index contributed by atoms with van der Waals surface area (Å²) >= 11 is 0. The highest BCUT2D eigenvalue weighted by molar-refractivity contribution is 6.68. The average Bonchev–Trinajstić information content (AvgIpc) is 2.33. The van der Waals surface area contributed by atoms with E-state index < -0.39 is 23.4 Å². The Morgan fingerprint density at radius 3 is 2.58 bits per heavy atom. The van der Waals surface area contributed by atoms with Crippen molar-refractivity contribution in [3.63, 3.8) is 0 Å². The molecule has 1 heterocycles. The Morgan fingerprint density at radius 2 is 1.92 bits per heavy atom. The number of Topliss-reactive ketones (excluding diaryl/α,β-unsaturated/α-hetero) is 3. The predicted molar refractivity (Wildman–Crippen MR) is 39.5 cm³/mol. The minimum atomic E-state index is -0.806. The van der Waals surface area contributed by atoms with Gasteiger partial charge in [0, 0.05) is 5.92 Å². The van der Waals surface area contributed by atoms with E-state index in [4.69, 9.17) is 0 Å². The van der Waals surface area contributed by atoms with Crippen LogP contribution in [0.4, 0.5) is 0 Å². The number of hydrogen-bond donors (Lipinski definition) is 1. The summed E-state index contributed by atoms with van der Waals surface area (Å²) in [6, 6.07) is -0.501. The fourth-order valence-corrected chi connectivity index (χ4v) is 1.88. The summed E-state index contributed by atoms with van der Waals surface area (Å²) in [7, 11) is 0. The molecular weight excluding hydrogens is 158 g/mol. The van der Waals surface area contributed by atoms with Crippen molar-refractivity contribution < 1.29 is 14.4 Å². The molecule has 1 aliphatic heterocycles. The Kier molecular flexibility index (Phi) is 1.58. The van der Waals surface area contributed by atoms with Crippen molar-refractivity contribution in [3.05, 3.63) is 0 Å². The highest BCUT2D eigenvalue weighted by Crippen LogP contribution is 2.24. The van der Waals surface area contributed by atoms with Crippen molar-refractivity contribution in [2.75, 3.05) is 6.54 Å². The zero-order valence-corrected chi connectivity index (χ0v) is 6.50. The lowest BCUT2D eigenvalue weighted by Gasteiger charge is -2.22. The van der Waals surface area contributed by atoms with Gasteiger partial charge in [0.2, 0.25) is 11.6 Å². The number of carbonyl (C=O) groups is 3. The van der Waals surface area contributed by atoms with E-state index in [1.165, 1.54) is 0 Å². The third-order valence-corrected chi connectivity index (χ3v) is 2.53. The van der Waals surface area contributed by atoms with Crippen molar-refractivity contribution in [1.29, 1.82) is 0 Å². The molecule has 0 bridgehead atoms. The fraction of sp³-hybridized carbons (Fsp3) is 0.625. The van der Waals surface area contributed by atoms with Crippen LogP contribution >= 0.6 is 0 Å². The molecule has 2 rings (SSSR count). The summed E-state index contributed by atoms with van der Waals surface area (Å²) in [6.45, 7) is 0.730. The molecule has 4 heteroatoms. The molecule has 0 spiro atoms. The fourth-order valence-electron chi connectivity index (χ4n) is 1.88. The van der Waals surface area contributed by atoms with Crippen LogP contribution in [0.5, 0.6) is 0 Å². The number of rotatable bonds is 0. The number of fused-ring (bicyclic) bond motifs is 1. The molecule has 1 saturated heterocycles. The molecule has 0 aromatic carbocycles. The quantitative estimate of drug-likeness (QED) is 0.474. The van der Waals surface area contributed by atoms with Crippen LogP contribution in [0.25, 0.3) is 0 Å². The molecule has 1 saturated carbocycles. The monoisotopic (exact) mass is 167 g/mol. The summed E-state index contributed by atoms with van der Waals surface area (Å²) in [6.07, 6.45) is 1.54. The Hall–Kier alpha value is -1.03. The number of piperidine rings is 1. The number of hydrogen-bond acceptors (Lipinski definition) is 4. The normalized spacial score (nSPS) is 35.5. The molecule has 4 nitrogen and oxygen atoms in total. The molecule has 0 amide bonds. The second-order valence-electron chi connectivity index (χ2n) is 3.24. The highest BCUT2D eigenvalue weighted by Gasteiger charge is 2.49. The van der Waals surface area contributed by atoms with Crippen molar-refractivity contribution >= 4 is 17.3 Å². The van der Waals surface area contributed by atoms with Crippen LogP contribution < -0.4 is 5.32 Å². The first-order chi connectivity index (χ1) is 5.72. The number of ketones is 3. The first-order valence-electron chi connectivity index (χ1n) is 4.07. The van der Waals surface area contributed by atoms with Gasteiger partial charge in [0.25, 0.3) is 5.78 Å². The van der Waals surface area contributed by atoms with Gasteiger partial charge in [-0.2, -0.15) is 0 Å². The van der Waals surface area contributed by atoms with Gasteiger partial charge in [-0.05, 0) is 19.4 Å². The van der Waals surface area contributed by atoms with Crippen LogP contribution in [0.1, 0.15) is 12.8 Å². The topological polar surface area (TPSA) is 63.2 Å².